The van der Waals surface area contributed by atoms with Gasteiger partial charge in [0.1, 0.15) is 0 Å². The number of sulfone groups is 1. The monoisotopic (exact) mass is 346 g/mol. The first kappa shape index (κ1) is 17.4. The third-order valence-corrected chi connectivity index (χ3v) is 7.23. The number of nitrogens with zero attached hydrogens (tertiary/aromatic N) is 1. The summed E-state index contributed by atoms with van der Waals surface area (Å²) in [6.45, 7) is 2.73. The van der Waals surface area contributed by atoms with E-state index >= 15 is 0 Å². The van der Waals surface area contributed by atoms with Crippen LogP contribution in [0.3, 0.4) is 0 Å². The zero-order valence-corrected chi connectivity index (χ0v) is 14.4. The number of nitrogens with two attached hydrogens (primary N) is 1. The molecule has 2 rings (SSSR count). The Kier molecular flexibility index (Phi) is 4.96. The van der Waals surface area contributed by atoms with Gasteiger partial charge >= 0.3 is 0 Å². The van der Waals surface area contributed by atoms with Gasteiger partial charge in [-0.2, -0.15) is 4.31 Å². The SMILES string of the molecule is CC1CCCN(S(=O)(=O)c2ccc(S(C)(=O)=O)cc2)C1CN. The highest BCUT2D eigenvalue weighted by Gasteiger charge is 2.36. The van der Waals surface area contributed by atoms with Crippen molar-refractivity contribution in [1.82, 2.24) is 4.31 Å². The van der Waals surface area contributed by atoms with Gasteiger partial charge in [-0.05, 0) is 43.0 Å². The summed E-state index contributed by atoms with van der Waals surface area (Å²) in [7, 11) is -7.00. The van der Waals surface area contributed by atoms with E-state index < -0.39 is 19.9 Å². The third kappa shape index (κ3) is 3.34. The summed E-state index contributed by atoms with van der Waals surface area (Å²) in [6, 6.07) is 5.13. The van der Waals surface area contributed by atoms with Gasteiger partial charge < -0.3 is 5.73 Å². The average Bonchev–Trinajstić information content (AvgIpc) is 2.46. The largest absolute Gasteiger partial charge is 0.329 e. The van der Waals surface area contributed by atoms with Crippen molar-refractivity contribution in [3.63, 3.8) is 0 Å². The predicted octanol–water partition coefficient (Wildman–Crippen LogP) is 0.838. The minimum absolute atomic E-state index is 0.104. The van der Waals surface area contributed by atoms with Crippen LogP contribution in [0.2, 0.25) is 0 Å². The van der Waals surface area contributed by atoms with Gasteiger partial charge in [0.25, 0.3) is 0 Å². The summed E-state index contributed by atoms with van der Waals surface area (Å²) in [5, 5.41) is 0. The molecule has 2 N–H and O–H groups in total. The fourth-order valence-electron chi connectivity index (χ4n) is 2.85. The van der Waals surface area contributed by atoms with Crippen molar-refractivity contribution < 1.29 is 16.8 Å². The summed E-state index contributed by atoms with van der Waals surface area (Å²) >= 11 is 0. The van der Waals surface area contributed by atoms with Crippen LogP contribution in [0.25, 0.3) is 0 Å². The number of rotatable bonds is 4. The zero-order valence-electron chi connectivity index (χ0n) is 12.8. The quantitative estimate of drug-likeness (QED) is 0.871. The standard InChI is InChI=1S/C14H22N2O4S2/c1-11-4-3-9-16(14(11)10-15)22(19,20)13-7-5-12(6-8-13)21(2,17)18/h5-8,11,14H,3-4,9-10,15H2,1-2H3. The molecule has 1 aromatic rings. The van der Waals surface area contributed by atoms with Crippen LogP contribution < -0.4 is 5.73 Å². The van der Waals surface area contributed by atoms with E-state index in [4.69, 9.17) is 5.73 Å². The van der Waals surface area contributed by atoms with E-state index in [0.29, 0.717) is 6.54 Å². The first-order valence-corrected chi connectivity index (χ1v) is 10.5. The maximum absolute atomic E-state index is 12.8. The molecule has 22 heavy (non-hydrogen) atoms. The van der Waals surface area contributed by atoms with E-state index in [1.165, 1.54) is 28.6 Å². The van der Waals surface area contributed by atoms with Crippen molar-refractivity contribution in [3.05, 3.63) is 24.3 Å². The summed E-state index contributed by atoms with van der Waals surface area (Å²) in [4.78, 5) is 0.210. The van der Waals surface area contributed by atoms with E-state index in [-0.39, 0.29) is 28.3 Å². The highest BCUT2D eigenvalue weighted by Crippen LogP contribution is 2.29. The Balaban J connectivity index is 2.37. The molecule has 0 saturated carbocycles. The average molecular weight is 346 g/mol. The number of sulfonamides is 1. The molecule has 1 aliphatic rings. The summed E-state index contributed by atoms with van der Waals surface area (Å²) in [5.41, 5.74) is 5.75. The lowest BCUT2D eigenvalue weighted by atomic mass is 9.93. The molecular weight excluding hydrogens is 324 g/mol. The number of benzene rings is 1. The molecule has 2 unspecified atom stereocenters. The van der Waals surface area contributed by atoms with E-state index in [9.17, 15) is 16.8 Å². The van der Waals surface area contributed by atoms with Crippen LogP contribution in [0, 0.1) is 5.92 Å². The molecule has 1 heterocycles. The van der Waals surface area contributed by atoms with Crippen LogP contribution in [0.1, 0.15) is 19.8 Å². The summed E-state index contributed by atoms with van der Waals surface area (Å²) in [6.07, 6.45) is 2.85. The molecule has 2 atom stereocenters. The maximum Gasteiger partial charge on any atom is 0.243 e. The van der Waals surface area contributed by atoms with Crippen LogP contribution in [0.15, 0.2) is 34.1 Å². The Labute approximate surface area is 132 Å². The maximum atomic E-state index is 12.8. The van der Waals surface area contributed by atoms with Crippen LogP contribution >= 0.6 is 0 Å². The molecule has 1 aromatic carbocycles. The molecular formula is C14H22N2O4S2. The van der Waals surface area contributed by atoms with Gasteiger partial charge in [0.2, 0.25) is 10.0 Å². The zero-order chi connectivity index (χ0) is 16.5. The second kappa shape index (κ2) is 6.27. The normalized spacial score (nSPS) is 24.3. The highest BCUT2D eigenvalue weighted by atomic mass is 32.2. The molecule has 0 aliphatic carbocycles. The van der Waals surface area contributed by atoms with Crippen LogP contribution in [0.5, 0.6) is 0 Å². The van der Waals surface area contributed by atoms with Crippen LogP contribution in [0.4, 0.5) is 0 Å². The third-order valence-electron chi connectivity index (χ3n) is 4.16. The molecule has 124 valence electrons. The highest BCUT2D eigenvalue weighted by molar-refractivity contribution is 7.90. The molecule has 0 aromatic heterocycles. The molecule has 0 radical (unpaired) electrons. The number of hydrogen-bond donors (Lipinski definition) is 1. The Morgan fingerprint density at radius 1 is 1.14 bits per heavy atom. The number of hydrogen-bond acceptors (Lipinski definition) is 5. The first-order valence-electron chi connectivity index (χ1n) is 7.20. The van der Waals surface area contributed by atoms with Gasteiger partial charge in [0.05, 0.1) is 9.79 Å². The molecule has 1 fully saturated rings. The lowest BCUT2D eigenvalue weighted by molar-refractivity contribution is 0.192. The molecule has 1 aliphatic heterocycles. The second-order valence-corrected chi connectivity index (χ2v) is 9.69. The molecule has 0 bridgehead atoms. The molecule has 8 heteroatoms. The van der Waals surface area contributed by atoms with Gasteiger partial charge in [-0.15, -0.1) is 0 Å². The van der Waals surface area contributed by atoms with E-state index in [1.807, 2.05) is 6.92 Å². The van der Waals surface area contributed by atoms with Crippen molar-refractivity contribution in [2.45, 2.75) is 35.6 Å². The lowest BCUT2D eigenvalue weighted by Crippen LogP contribution is -2.51. The van der Waals surface area contributed by atoms with E-state index in [1.54, 1.807) is 0 Å². The Bertz CT molecular complexity index is 727. The predicted molar refractivity (Wildman–Crippen MR) is 84.7 cm³/mol. The van der Waals surface area contributed by atoms with Gasteiger partial charge in [-0.1, -0.05) is 6.92 Å². The van der Waals surface area contributed by atoms with E-state index in [2.05, 4.69) is 0 Å². The fourth-order valence-corrected chi connectivity index (χ4v) is 5.25. The fraction of sp³-hybridized carbons (Fsp3) is 0.571. The van der Waals surface area contributed by atoms with Crippen molar-refractivity contribution in [2.24, 2.45) is 11.7 Å². The minimum atomic E-state index is -3.66. The van der Waals surface area contributed by atoms with Gasteiger partial charge in [0, 0.05) is 25.4 Å². The number of piperidine rings is 1. The molecule has 1 saturated heterocycles. The van der Waals surface area contributed by atoms with Crippen molar-refractivity contribution in [3.8, 4) is 0 Å². The topological polar surface area (TPSA) is 97.5 Å². The smallest absolute Gasteiger partial charge is 0.243 e. The molecule has 6 nitrogen and oxygen atoms in total. The van der Waals surface area contributed by atoms with Gasteiger partial charge in [0.15, 0.2) is 9.84 Å². The summed E-state index contributed by atoms with van der Waals surface area (Å²) in [5.74, 6) is 0.212. The van der Waals surface area contributed by atoms with Gasteiger partial charge in [-0.25, -0.2) is 16.8 Å². The Morgan fingerprint density at radius 3 is 2.18 bits per heavy atom. The van der Waals surface area contributed by atoms with Crippen molar-refractivity contribution >= 4 is 19.9 Å². The van der Waals surface area contributed by atoms with Crippen molar-refractivity contribution in [2.75, 3.05) is 19.3 Å². The molecule has 0 spiro atoms. The Hall–Kier alpha value is -0.960. The van der Waals surface area contributed by atoms with E-state index in [0.717, 1.165) is 19.1 Å². The molecule has 0 amide bonds. The Morgan fingerprint density at radius 2 is 1.68 bits per heavy atom. The minimum Gasteiger partial charge on any atom is -0.329 e. The lowest BCUT2D eigenvalue weighted by Gasteiger charge is -2.38. The second-order valence-electron chi connectivity index (χ2n) is 5.78. The first-order chi connectivity index (χ1) is 10.2. The van der Waals surface area contributed by atoms with Gasteiger partial charge in [-0.3, -0.25) is 0 Å². The van der Waals surface area contributed by atoms with Crippen LogP contribution in [-0.2, 0) is 19.9 Å². The summed E-state index contributed by atoms with van der Waals surface area (Å²) < 4.78 is 49.9. The van der Waals surface area contributed by atoms with Crippen molar-refractivity contribution in [1.29, 1.82) is 0 Å². The van der Waals surface area contributed by atoms with Crippen LogP contribution in [-0.4, -0.2) is 46.5 Å².